The lowest BCUT2D eigenvalue weighted by atomic mass is 9.73. The van der Waals surface area contributed by atoms with Crippen LogP contribution >= 0.6 is 0 Å². The summed E-state index contributed by atoms with van der Waals surface area (Å²) in [7, 11) is 0. The van der Waals surface area contributed by atoms with Gasteiger partial charge in [-0.05, 0) is 94.8 Å². The van der Waals surface area contributed by atoms with Crippen molar-refractivity contribution in [1.29, 1.82) is 10.5 Å². The summed E-state index contributed by atoms with van der Waals surface area (Å²) in [5, 5.41) is 20.0. The average molecular weight is 578 g/mol. The summed E-state index contributed by atoms with van der Waals surface area (Å²) in [6, 6.07) is 57.7. The minimum atomic E-state index is 0.0433. The number of fused-ring (bicyclic) bond motifs is 2. The van der Waals surface area contributed by atoms with Crippen molar-refractivity contribution < 1.29 is 0 Å². The highest BCUT2D eigenvalue weighted by molar-refractivity contribution is 5.77. The van der Waals surface area contributed by atoms with Gasteiger partial charge >= 0.3 is 0 Å². The molecule has 3 nitrogen and oxygen atoms in total. The van der Waals surface area contributed by atoms with Crippen molar-refractivity contribution in [3.05, 3.63) is 196 Å². The van der Waals surface area contributed by atoms with E-state index >= 15 is 0 Å². The van der Waals surface area contributed by atoms with Gasteiger partial charge in [0.2, 0.25) is 0 Å². The lowest BCUT2D eigenvalue weighted by Crippen LogP contribution is -2.19. The van der Waals surface area contributed by atoms with Crippen molar-refractivity contribution in [3.63, 3.8) is 0 Å². The van der Waals surface area contributed by atoms with Crippen LogP contribution < -0.4 is 4.90 Å². The topological polar surface area (TPSA) is 50.8 Å². The van der Waals surface area contributed by atoms with E-state index in [9.17, 15) is 10.5 Å². The zero-order valence-electron chi connectivity index (χ0n) is 24.8. The Bertz CT molecular complexity index is 1980. The molecule has 3 heteroatoms. The van der Waals surface area contributed by atoms with Gasteiger partial charge in [-0.2, -0.15) is 10.5 Å². The monoisotopic (exact) mass is 577 g/mol. The molecule has 1 aliphatic carbocycles. The molecule has 0 N–H and O–H groups in total. The lowest BCUT2D eigenvalue weighted by Gasteiger charge is -2.32. The Morgan fingerprint density at radius 1 is 0.444 bits per heavy atom. The van der Waals surface area contributed by atoms with Crippen LogP contribution in [-0.2, 0) is 12.8 Å². The summed E-state index contributed by atoms with van der Waals surface area (Å²) in [4.78, 5) is 2.32. The largest absolute Gasteiger partial charge is 0.310 e. The van der Waals surface area contributed by atoms with Crippen molar-refractivity contribution in [3.8, 4) is 12.1 Å². The maximum absolute atomic E-state index is 10.0. The second kappa shape index (κ2) is 12.4. The van der Waals surface area contributed by atoms with Gasteiger partial charge < -0.3 is 4.90 Å². The smallest absolute Gasteiger partial charge is 0.101 e. The fraction of sp³-hybridized carbons (Fsp3) is 0.0952. The van der Waals surface area contributed by atoms with Crippen molar-refractivity contribution in [2.45, 2.75) is 24.7 Å². The summed E-state index contributed by atoms with van der Waals surface area (Å²) in [6.45, 7) is 0. The first-order valence-corrected chi connectivity index (χ1v) is 15.3. The summed E-state index contributed by atoms with van der Waals surface area (Å²) in [5.74, 6) is 0.103. The average Bonchev–Trinajstić information content (AvgIpc) is 3.11. The van der Waals surface area contributed by atoms with E-state index in [2.05, 4.69) is 138 Å². The second-order valence-corrected chi connectivity index (χ2v) is 11.5. The number of nitriles is 2. The maximum Gasteiger partial charge on any atom is 0.101 e. The molecule has 0 amide bonds. The zero-order valence-corrected chi connectivity index (χ0v) is 24.8. The van der Waals surface area contributed by atoms with Crippen molar-refractivity contribution >= 4 is 17.1 Å². The molecule has 45 heavy (non-hydrogen) atoms. The van der Waals surface area contributed by atoms with E-state index in [0.717, 1.165) is 41.0 Å². The van der Waals surface area contributed by atoms with E-state index in [1.54, 1.807) is 0 Å². The van der Waals surface area contributed by atoms with Gasteiger partial charge in [0.25, 0.3) is 0 Å². The summed E-state index contributed by atoms with van der Waals surface area (Å²) in [5.41, 5.74) is 11.4. The maximum atomic E-state index is 10.0. The molecule has 0 saturated heterocycles. The molecule has 6 aromatic carbocycles. The lowest BCUT2D eigenvalue weighted by molar-refractivity contribution is 0.707. The third-order valence-electron chi connectivity index (χ3n) is 8.94. The highest BCUT2D eigenvalue weighted by Gasteiger charge is 2.30. The predicted octanol–water partition coefficient (Wildman–Crippen LogP) is 9.96. The molecular formula is C42H31N3. The normalized spacial score (nSPS) is 15.3. The van der Waals surface area contributed by atoms with E-state index in [4.69, 9.17) is 0 Å². The summed E-state index contributed by atoms with van der Waals surface area (Å²) < 4.78 is 0. The zero-order chi connectivity index (χ0) is 30.6. The first-order chi connectivity index (χ1) is 22.2. The molecule has 7 rings (SSSR count). The molecule has 0 heterocycles. The number of nitrogens with zero attached hydrogens (tertiary/aromatic N) is 3. The molecule has 0 radical (unpaired) electrons. The van der Waals surface area contributed by atoms with Crippen molar-refractivity contribution in [2.75, 3.05) is 4.90 Å². The van der Waals surface area contributed by atoms with Crippen LogP contribution in [0.15, 0.2) is 152 Å². The number of hydrogen-bond acceptors (Lipinski definition) is 3. The Morgan fingerprint density at radius 3 is 1.40 bits per heavy atom. The van der Waals surface area contributed by atoms with Gasteiger partial charge in [0, 0.05) is 28.9 Å². The molecule has 0 aromatic heterocycles. The van der Waals surface area contributed by atoms with Gasteiger partial charge in [0.05, 0.1) is 11.1 Å². The van der Waals surface area contributed by atoms with Gasteiger partial charge in [-0.1, -0.05) is 103 Å². The molecule has 0 fully saturated rings. The standard InChI is InChI=1S/C42H31N3/c43-28-34-23-33-25-40(31-15-7-2-8-16-31)42-27-38(45(36-17-9-3-10-18-36)37-19-11-4-12-20-37)22-21-32(42)24-39(30-13-5-1-6-14-30)41(33)26-35(34)29-44/h1-23,26-27,39-40H,24-25H2. The number of rotatable bonds is 5. The van der Waals surface area contributed by atoms with E-state index in [1.165, 1.54) is 22.3 Å². The summed E-state index contributed by atoms with van der Waals surface area (Å²) >= 11 is 0. The van der Waals surface area contributed by atoms with Crippen LogP contribution in [0, 0.1) is 22.7 Å². The number of benzene rings is 6. The third-order valence-corrected chi connectivity index (χ3v) is 8.94. The van der Waals surface area contributed by atoms with Crippen molar-refractivity contribution in [1.82, 2.24) is 0 Å². The molecule has 1 aliphatic rings. The first kappa shape index (κ1) is 27.9. The van der Waals surface area contributed by atoms with Crippen LogP contribution in [0.4, 0.5) is 17.1 Å². The molecule has 0 saturated carbocycles. The second-order valence-electron chi connectivity index (χ2n) is 11.5. The Labute approximate surface area is 264 Å². The van der Waals surface area contributed by atoms with E-state index in [0.29, 0.717) is 11.1 Å². The quantitative estimate of drug-likeness (QED) is 0.205. The minimum Gasteiger partial charge on any atom is -0.310 e. The molecule has 0 bridgehead atoms. The molecule has 2 atom stereocenters. The summed E-state index contributed by atoms with van der Waals surface area (Å²) in [6.07, 6.45) is 1.50. The third kappa shape index (κ3) is 5.49. The molecule has 0 spiro atoms. The van der Waals surface area contributed by atoms with Crippen LogP contribution in [-0.4, -0.2) is 0 Å². The Hall–Kier alpha value is -5.90. The van der Waals surface area contributed by atoms with Gasteiger partial charge in [-0.25, -0.2) is 0 Å². The van der Waals surface area contributed by atoms with Crippen molar-refractivity contribution in [2.24, 2.45) is 0 Å². The van der Waals surface area contributed by atoms with Gasteiger partial charge in [0.1, 0.15) is 12.1 Å². The van der Waals surface area contributed by atoms with Crippen LogP contribution in [0.1, 0.15) is 56.3 Å². The molecule has 6 aromatic rings. The van der Waals surface area contributed by atoms with Gasteiger partial charge in [-0.3, -0.25) is 0 Å². The SMILES string of the molecule is N#Cc1cc2c(cc1C#N)C(c1ccccc1)Cc1ccc(N(c3ccccc3)c3ccccc3)cc1C(c1ccccc1)C2. The Morgan fingerprint density at radius 2 is 0.889 bits per heavy atom. The van der Waals surface area contributed by atoms with Gasteiger partial charge in [-0.15, -0.1) is 0 Å². The number of para-hydroxylation sites is 2. The Kier molecular flexibility index (Phi) is 7.67. The van der Waals surface area contributed by atoms with Crippen LogP contribution in [0.5, 0.6) is 0 Å². The van der Waals surface area contributed by atoms with Crippen LogP contribution in [0.3, 0.4) is 0 Å². The van der Waals surface area contributed by atoms with E-state index in [-0.39, 0.29) is 11.8 Å². The highest BCUT2D eigenvalue weighted by atomic mass is 15.1. The van der Waals surface area contributed by atoms with E-state index in [1.807, 2.05) is 30.3 Å². The van der Waals surface area contributed by atoms with Gasteiger partial charge in [0.15, 0.2) is 0 Å². The predicted molar refractivity (Wildman–Crippen MR) is 181 cm³/mol. The Balaban J connectivity index is 1.46. The van der Waals surface area contributed by atoms with Crippen LogP contribution in [0.25, 0.3) is 0 Å². The number of hydrogen-bond donors (Lipinski definition) is 0. The molecule has 0 aliphatic heterocycles. The van der Waals surface area contributed by atoms with E-state index < -0.39 is 0 Å². The van der Waals surface area contributed by atoms with Crippen LogP contribution in [0.2, 0.25) is 0 Å². The molecule has 2 unspecified atom stereocenters. The fourth-order valence-electron chi connectivity index (χ4n) is 6.81. The number of anilines is 3. The molecular weight excluding hydrogens is 546 g/mol. The molecule has 214 valence electrons. The first-order valence-electron chi connectivity index (χ1n) is 15.3. The highest BCUT2D eigenvalue weighted by Crippen LogP contribution is 2.44. The minimum absolute atomic E-state index is 0.0433. The fourth-order valence-corrected chi connectivity index (χ4v) is 6.81.